The molecule has 6 nitrogen and oxygen atoms in total. The summed E-state index contributed by atoms with van der Waals surface area (Å²) in [5.41, 5.74) is 0. The number of ether oxygens (including phenoxy) is 3. The van der Waals surface area contributed by atoms with Crippen LogP contribution >= 0.6 is 0 Å². The quantitative estimate of drug-likeness (QED) is 0.0263. The summed E-state index contributed by atoms with van der Waals surface area (Å²) in [7, 11) is 0. The van der Waals surface area contributed by atoms with E-state index in [4.69, 9.17) is 14.2 Å². The SMILES string of the molecule is CCCC/C=C\C/C=C\CCCCCCCC(=O)O[C@H](COC(=O)CCCCCCC/C=C\CCCCCCC)COC(=O)CCCCCCC/C=C\CCCCCCCC. The number of rotatable bonds is 47. The number of hydrogen-bond donors (Lipinski definition) is 0. The third kappa shape index (κ3) is 48.3. The van der Waals surface area contributed by atoms with Gasteiger partial charge in [0.15, 0.2) is 6.10 Å². The molecule has 0 bridgehead atoms. The first-order valence-electron chi connectivity index (χ1n) is 26.1. The molecule has 0 aromatic rings. The normalized spacial score (nSPS) is 12.4. The van der Waals surface area contributed by atoms with E-state index in [9.17, 15) is 14.4 Å². The summed E-state index contributed by atoms with van der Waals surface area (Å²) in [5.74, 6) is -0.909. The third-order valence-electron chi connectivity index (χ3n) is 11.3. The van der Waals surface area contributed by atoms with Gasteiger partial charge < -0.3 is 14.2 Å². The molecule has 0 saturated heterocycles. The van der Waals surface area contributed by atoms with E-state index in [0.717, 1.165) is 96.3 Å². The standard InChI is InChI=1S/C55H98O6/c1-4-7-10-13-16-19-22-25-28-31-33-36-39-42-45-48-54(57)60-51-52(61-55(58)49-46-43-40-37-34-30-27-24-21-18-15-12-9-6-3)50-59-53(56)47-44-41-38-35-32-29-26-23-20-17-14-11-8-5-2/h15,18,23-28,52H,4-14,16-17,19-22,29-51H2,1-3H3/b18-15-,26-23-,27-24-,28-25-/t52-/m1/s1. The summed E-state index contributed by atoms with van der Waals surface area (Å²) in [4.78, 5) is 38.0. The summed E-state index contributed by atoms with van der Waals surface area (Å²) in [5, 5.41) is 0. The fraction of sp³-hybridized carbons (Fsp3) is 0.800. The number of esters is 3. The summed E-state index contributed by atoms with van der Waals surface area (Å²) in [6.07, 6.45) is 59.4. The highest BCUT2D eigenvalue weighted by atomic mass is 16.6. The van der Waals surface area contributed by atoms with Crippen molar-refractivity contribution in [2.24, 2.45) is 0 Å². The van der Waals surface area contributed by atoms with Gasteiger partial charge >= 0.3 is 17.9 Å². The molecule has 6 heteroatoms. The first-order chi connectivity index (χ1) is 30.0. The van der Waals surface area contributed by atoms with Crippen LogP contribution in [0, 0.1) is 0 Å². The Balaban J connectivity index is 4.41. The van der Waals surface area contributed by atoms with Crippen LogP contribution < -0.4 is 0 Å². The summed E-state index contributed by atoms with van der Waals surface area (Å²) < 4.78 is 16.8. The zero-order chi connectivity index (χ0) is 44.4. The molecule has 354 valence electrons. The molecule has 0 aliphatic heterocycles. The molecule has 0 saturated carbocycles. The van der Waals surface area contributed by atoms with Crippen LogP contribution in [0.2, 0.25) is 0 Å². The van der Waals surface area contributed by atoms with Gasteiger partial charge in [0.2, 0.25) is 0 Å². The second-order valence-corrected chi connectivity index (χ2v) is 17.4. The Kier molecular flexibility index (Phi) is 47.9. The molecule has 0 rings (SSSR count). The van der Waals surface area contributed by atoms with Gasteiger partial charge in [0.05, 0.1) is 0 Å². The maximum Gasteiger partial charge on any atom is 0.306 e. The molecule has 0 heterocycles. The van der Waals surface area contributed by atoms with E-state index in [-0.39, 0.29) is 31.1 Å². The van der Waals surface area contributed by atoms with Crippen LogP contribution in [-0.4, -0.2) is 37.2 Å². The number of allylic oxidation sites excluding steroid dienone is 8. The molecule has 0 aromatic carbocycles. The van der Waals surface area contributed by atoms with E-state index in [0.29, 0.717) is 19.3 Å². The first-order valence-corrected chi connectivity index (χ1v) is 26.1. The van der Waals surface area contributed by atoms with Crippen molar-refractivity contribution in [2.75, 3.05) is 13.2 Å². The Morgan fingerprint density at radius 2 is 0.607 bits per heavy atom. The van der Waals surface area contributed by atoms with Gasteiger partial charge in [-0.05, 0) is 96.3 Å². The molecule has 0 amide bonds. The average molecular weight is 855 g/mol. The van der Waals surface area contributed by atoms with E-state index in [1.54, 1.807) is 0 Å². The Morgan fingerprint density at radius 1 is 0.328 bits per heavy atom. The van der Waals surface area contributed by atoms with Gasteiger partial charge in [0.25, 0.3) is 0 Å². The molecule has 0 aliphatic carbocycles. The van der Waals surface area contributed by atoms with E-state index < -0.39 is 6.10 Å². The van der Waals surface area contributed by atoms with Crippen molar-refractivity contribution < 1.29 is 28.6 Å². The summed E-state index contributed by atoms with van der Waals surface area (Å²) in [6, 6.07) is 0. The van der Waals surface area contributed by atoms with Crippen molar-refractivity contribution in [2.45, 2.75) is 271 Å². The fourth-order valence-electron chi connectivity index (χ4n) is 7.27. The van der Waals surface area contributed by atoms with Crippen LogP contribution in [0.1, 0.15) is 265 Å². The third-order valence-corrected chi connectivity index (χ3v) is 11.3. The molecule has 0 unspecified atom stereocenters. The van der Waals surface area contributed by atoms with Gasteiger partial charge in [-0.25, -0.2) is 0 Å². The Labute approximate surface area is 378 Å². The second kappa shape index (κ2) is 50.0. The zero-order valence-electron chi connectivity index (χ0n) is 40.4. The lowest BCUT2D eigenvalue weighted by Gasteiger charge is -2.18. The van der Waals surface area contributed by atoms with Gasteiger partial charge in [-0.1, -0.05) is 198 Å². The minimum atomic E-state index is -0.785. The topological polar surface area (TPSA) is 78.9 Å². The van der Waals surface area contributed by atoms with Crippen molar-refractivity contribution in [1.82, 2.24) is 0 Å². The van der Waals surface area contributed by atoms with Gasteiger partial charge in [0.1, 0.15) is 13.2 Å². The van der Waals surface area contributed by atoms with Gasteiger partial charge in [0, 0.05) is 19.3 Å². The maximum absolute atomic E-state index is 12.8. The predicted molar refractivity (Wildman–Crippen MR) is 261 cm³/mol. The van der Waals surface area contributed by atoms with E-state index in [1.807, 2.05) is 0 Å². The monoisotopic (exact) mass is 855 g/mol. The first kappa shape index (κ1) is 58.4. The predicted octanol–water partition coefficient (Wildman–Crippen LogP) is 17.1. The molecule has 1 atom stereocenters. The van der Waals surface area contributed by atoms with E-state index in [2.05, 4.69) is 69.4 Å². The largest absolute Gasteiger partial charge is 0.462 e. The minimum absolute atomic E-state index is 0.0850. The Hall–Kier alpha value is -2.63. The molecular formula is C55H98O6. The average Bonchev–Trinajstić information content (AvgIpc) is 3.26. The molecule has 0 radical (unpaired) electrons. The minimum Gasteiger partial charge on any atom is -0.462 e. The van der Waals surface area contributed by atoms with Crippen LogP contribution in [0.5, 0.6) is 0 Å². The van der Waals surface area contributed by atoms with E-state index >= 15 is 0 Å². The highest BCUT2D eigenvalue weighted by molar-refractivity contribution is 5.71. The molecule has 0 spiro atoms. The lowest BCUT2D eigenvalue weighted by molar-refractivity contribution is -0.167. The van der Waals surface area contributed by atoms with Crippen LogP contribution in [0.4, 0.5) is 0 Å². The Morgan fingerprint density at radius 3 is 0.967 bits per heavy atom. The molecule has 0 aliphatic rings. The van der Waals surface area contributed by atoms with Crippen LogP contribution in [0.25, 0.3) is 0 Å². The van der Waals surface area contributed by atoms with Crippen molar-refractivity contribution in [1.29, 1.82) is 0 Å². The zero-order valence-corrected chi connectivity index (χ0v) is 40.4. The van der Waals surface area contributed by atoms with Crippen molar-refractivity contribution >= 4 is 17.9 Å². The second-order valence-electron chi connectivity index (χ2n) is 17.4. The van der Waals surface area contributed by atoms with Gasteiger partial charge in [-0.3, -0.25) is 14.4 Å². The molecule has 0 aromatic heterocycles. The maximum atomic E-state index is 12.8. The molecule has 0 N–H and O–H groups in total. The van der Waals surface area contributed by atoms with Crippen LogP contribution in [0.3, 0.4) is 0 Å². The molecular weight excluding hydrogens is 757 g/mol. The highest BCUT2D eigenvalue weighted by Gasteiger charge is 2.19. The number of carbonyl (C=O) groups is 3. The van der Waals surface area contributed by atoms with Crippen LogP contribution in [-0.2, 0) is 28.6 Å². The fourth-order valence-corrected chi connectivity index (χ4v) is 7.27. The van der Waals surface area contributed by atoms with Crippen molar-refractivity contribution in [3.8, 4) is 0 Å². The van der Waals surface area contributed by atoms with Gasteiger partial charge in [-0.2, -0.15) is 0 Å². The van der Waals surface area contributed by atoms with Crippen molar-refractivity contribution in [3.05, 3.63) is 48.6 Å². The van der Waals surface area contributed by atoms with Gasteiger partial charge in [-0.15, -0.1) is 0 Å². The van der Waals surface area contributed by atoms with Crippen LogP contribution in [0.15, 0.2) is 48.6 Å². The summed E-state index contributed by atoms with van der Waals surface area (Å²) >= 11 is 0. The number of unbranched alkanes of at least 4 members (excludes halogenated alkanes) is 28. The molecule has 61 heavy (non-hydrogen) atoms. The number of carbonyl (C=O) groups excluding carboxylic acids is 3. The van der Waals surface area contributed by atoms with E-state index in [1.165, 1.54) is 128 Å². The molecule has 0 fully saturated rings. The number of hydrogen-bond acceptors (Lipinski definition) is 6. The summed E-state index contributed by atoms with van der Waals surface area (Å²) in [6.45, 7) is 6.57. The Bertz CT molecular complexity index is 1070. The smallest absolute Gasteiger partial charge is 0.306 e. The highest BCUT2D eigenvalue weighted by Crippen LogP contribution is 2.14. The van der Waals surface area contributed by atoms with Crippen molar-refractivity contribution in [3.63, 3.8) is 0 Å². The lowest BCUT2D eigenvalue weighted by Crippen LogP contribution is -2.30. The lowest BCUT2D eigenvalue weighted by atomic mass is 10.1.